The number of anilines is 3. The van der Waals surface area contributed by atoms with Gasteiger partial charge in [0.2, 0.25) is 11.9 Å². The quantitative estimate of drug-likeness (QED) is 0.403. The first kappa shape index (κ1) is 30.2. The monoisotopic (exact) mass is 545 g/mol. The number of carbonyl (C=O) groups is 2. The Morgan fingerprint density at radius 3 is 2.62 bits per heavy atom. The maximum atomic E-state index is 12.6. The van der Waals surface area contributed by atoms with Crippen molar-refractivity contribution < 1.29 is 14.3 Å². The van der Waals surface area contributed by atoms with Crippen molar-refractivity contribution in [2.75, 3.05) is 30.8 Å². The molecule has 0 aliphatic heterocycles. The fraction of sp³-hybridized carbons (Fsp3) is 0.500. The minimum Gasteiger partial charge on any atom is -0.444 e. The van der Waals surface area contributed by atoms with Gasteiger partial charge >= 0.3 is 6.09 Å². The molecule has 2 aromatic rings. The number of nitrogens with zero attached hydrogens (tertiary/aromatic N) is 4. The van der Waals surface area contributed by atoms with Crippen LogP contribution in [0.1, 0.15) is 70.9 Å². The van der Waals surface area contributed by atoms with E-state index < -0.39 is 11.7 Å². The third kappa shape index (κ3) is 9.77. The van der Waals surface area contributed by atoms with Gasteiger partial charge in [-0.25, -0.2) is 9.78 Å². The third-order valence-electron chi connectivity index (χ3n) is 6.14. The van der Waals surface area contributed by atoms with Crippen molar-refractivity contribution in [2.45, 2.75) is 71.4 Å². The summed E-state index contributed by atoms with van der Waals surface area (Å²) in [6.07, 6.45) is 5.64. The smallest absolute Gasteiger partial charge is 0.410 e. The van der Waals surface area contributed by atoms with Crippen LogP contribution in [0, 0.1) is 29.1 Å². The Hall–Kier alpha value is -4.31. The van der Waals surface area contributed by atoms with Crippen LogP contribution in [0.15, 0.2) is 30.5 Å². The minimum absolute atomic E-state index is 0.000482. The van der Waals surface area contributed by atoms with E-state index in [9.17, 15) is 9.59 Å². The van der Waals surface area contributed by atoms with Gasteiger partial charge in [-0.2, -0.15) is 10.2 Å². The lowest BCUT2D eigenvalue weighted by atomic mass is 9.86. The van der Waals surface area contributed by atoms with Gasteiger partial charge in [0, 0.05) is 31.2 Å². The molecule has 10 nitrogen and oxygen atoms in total. The van der Waals surface area contributed by atoms with E-state index in [2.05, 4.69) is 50.8 Å². The van der Waals surface area contributed by atoms with Crippen LogP contribution in [0.3, 0.4) is 0 Å². The highest BCUT2D eigenvalue weighted by Gasteiger charge is 2.25. The second-order valence-electron chi connectivity index (χ2n) is 10.9. The third-order valence-corrected chi connectivity index (χ3v) is 6.14. The molecule has 10 heteroatoms. The number of rotatable bonds is 8. The van der Waals surface area contributed by atoms with Gasteiger partial charge in [0.1, 0.15) is 18.0 Å². The van der Waals surface area contributed by atoms with Gasteiger partial charge in [-0.05, 0) is 70.7 Å². The Morgan fingerprint density at radius 1 is 1.20 bits per heavy atom. The summed E-state index contributed by atoms with van der Waals surface area (Å²) in [5, 5.41) is 18.5. The summed E-state index contributed by atoms with van der Waals surface area (Å²) < 4.78 is 5.32. The van der Waals surface area contributed by atoms with Gasteiger partial charge < -0.3 is 25.6 Å². The summed E-state index contributed by atoms with van der Waals surface area (Å²) in [7, 11) is 1.56. The summed E-state index contributed by atoms with van der Waals surface area (Å²) in [6, 6.07) is 9.19. The lowest BCUT2D eigenvalue weighted by Crippen LogP contribution is -2.45. The second kappa shape index (κ2) is 14.2. The molecule has 2 amide bonds. The van der Waals surface area contributed by atoms with Crippen LogP contribution in [-0.4, -0.2) is 58.6 Å². The number of amides is 2. The first-order valence-corrected chi connectivity index (χ1v) is 13.7. The van der Waals surface area contributed by atoms with Crippen molar-refractivity contribution in [2.24, 2.45) is 5.92 Å². The highest BCUT2D eigenvalue weighted by molar-refractivity contribution is 5.82. The number of nitriles is 1. The highest BCUT2D eigenvalue weighted by Crippen LogP contribution is 2.24. The zero-order valence-electron chi connectivity index (χ0n) is 24.0. The molecule has 1 saturated carbocycles. The number of nitrogens with one attached hydrogen (secondary N) is 3. The van der Waals surface area contributed by atoms with Crippen LogP contribution in [0.4, 0.5) is 22.2 Å². The summed E-state index contributed by atoms with van der Waals surface area (Å²) in [4.78, 5) is 35.1. The maximum absolute atomic E-state index is 12.6. The average Bonchev–Trinajstić information content (AvgIpc) is 2.91. The summed E-state index contributed by atoms with van der Waals surface area (Å²) in [6.45, 7) is 8.14. The molecule has 1 aliphatic rings. The number of likely N-dealkylation sites (N-methyl/N-ethyl adjacent to an activating group) is 1. The van der Waals surface area contributed by atoms with Crippen molar-refractivity contribution in [3.05, 3.63) is 41.6 Å². The molecule has 1 fully saturated rings. The number of ether oxygens (including phenoxy) is 1. The topological polar surface area (TPSA) is 132 Å². The maximum Gasteiger partial charge on any atom is 0.410 e. The first-order valence-electron chi connectivity index (χ1n) is 13.7. The van der Waals surface area contributed by atoms with E-state index in [1.807, 2.05) is 12.1 Å². The highest BCUT2D eigenvalue weighted by atomic mass is 16.6. The van der Waals surface area contributed by atoms with Gasteiger partial charge in [-0.1, -0.05) is 25.2 Å². The number of carbonyl (C=O) groups excluding carboxylic acids is 2. The molecule has 40 heavy (non-hydrogen) atoms. The Morgan fingerprint density at radius 2 is 1.95 bits per heavy atom. The lowest BCUT2D eigenvalue weighted by molar-refractivity contribution is -0.123. The average molecular weight is 546 g/mol. The lowest BCUT2D eigenvalue weighted by Gasteiger charge is -2.28. The largest absolute Gasteiger partial charge is 0.444 e. The molecular weight excluding hydrogens is 506 g/mol. The molecule has 1 heterocycles. The van der Waals surface area contributed by atoms with Gasteiger partial charge in [-0.15, -0.1) is 0 Å². The minimum atomic E-state index is -0.615. The van der Waals surface area contributed by atoms with Gasteiger partial charge in [0.05, 0.1) is 23.4 Å². The molecule has 0 bridgehead atoms. The predicted molar refractivity (Wildman–Crippen MR) is 155 cm³/mol. The number of hydrogen-bond donors (Lipinski definition) is 3. The molecule has 0 radical (unpaired) electrons. The van der Waals surface area contributed by atoms with Crippen molar-refractivity contribution in [1.29, 1.82) is 5.26 Å². The molecule has 212 valence electrons. The molecule has 0 unspecified atom stereocenters. The number of benzene rings is 1. The van der Waals surface area contributed by atoms with Gasteiger partial charge in [0.25, 0.3) is 0 Å². The molecule has 0 saturated heterocycles. The normalized spacial score (nSPS) is 16.5. The van der Waals surface area contributed by atoms with E-state index in [1.54, 1.807) is 46.1 Å². The fourth-order valence-corrected chi connectivity index (χ4v) is 4.19. The van der Waals surface area contributed by atoms with Crippen LogP contribution in [-0.2, 0) is 9.53 Å². The van der Waals surface area contributed by atoms with E-state index in [0.717, 1.165) is 44.3 Å². The van der Waals surface area contributed by atoms with E-state index in [0.29, 0.717) is 22.9 Å². The van der Waals surface area contributed by atoms with Crippen LogP contribution >= 0.6 is 0 Å². The van der Waals surface area contributed by atoms with Crippen LogP contribution in [0.25, 0.3) is 0 Å². The molecule has 2 atom stereocenters. The van der Waals surface area contributed by atoms with Crippen molar-refractivity contribution in [3.8, 4) is 17.9 Å². The Balaban J connectivity index is 1.62. The summed E-state index contributed by atoms with van der Waals surface area (Å²) in [5.41, 5.74) is 1.46. The van der Waals surface area contributed by atoms with E-state index in [-0.39, 0.29) is 24.4 Å². The zero-order valence-corrected chi connectivity index (χ0v) is 24.0. The molecule has 1 aromatic heterocycles. The van der Waals surface area contributed by atoms with Crippen LogP contribution in [0.5, 0.6) is 0 Å². The van der Waals surface area contributed by atoms with E-state index in [4.69, 9.17) is 10.00 Å². The molecule has 3 N–H and O–H groups in total. The van der Waals surface area contributed by atoms with Gasteiger partial charge in [0.15, 0.2) is 0 Å². The molecule has 1 aliphatic carbocycles. The number of hydrogen-bond acceptors (Lipinski definition) is 8. The summed E-state index contributed by atoms with van der Waals surface area (Å²) >= 11 is 0. The first-order chi connectivity index (χ1) is 19.1. The van der Waals surface area contributed by atoms with Crippen molar-refractivity contribution in [3.63, 3.8) is 0 Å². The molecule has 3 rings (SSSR count). The van der Waals surface area contributed by atoms with E-state index in [1.165, 1.54) is 4.90 Å². The SMILES string of the molecule is CCCNc1nc(Nc2ccc(C#N)cc2)ncc1C#C[C@@H]1CCC[C@H](NC(=O)CN(C)C(=O)OC(C)(C)C)C1. The standard InChI is InChI=1S/C30H39N7O3/c1-6-16-32-27-23(19-33-28(36-27)35-24-14-11-22(18-31)12-15-24)13-10-21-8-7-9-25(17-21)34-26(38)20-37(5)29(39)40-30(2,3)4/h11-12,14-15,19,21,25H,6-9,16-17,20H2,1-5H3,(H,34,38)(H2,32,33,35,36)/t21-,25-/m0/s1. The Kier molecular flexibility index (Phi) is 10.7. The molecule has 0 spiro atoms. The fourth-order valence-electron chi connectivity index (χ4n) is 4.19. The van der Waals surface area contributed by atoms with E-state index >= 15 is 0 Å². The van der Waals surface area contributed by atoms with Crippen molar-refractivity contribution >= 4 is 29.5 Å². The summed E-state index contributed by atoms with van der Waals surface area (Å²) in [5.74, 6) is 7.63. The Labute approximate surface area is 236 Å². The number of aromatic nitrogens is 2. The molecule has 1 aromatic carbocycles. The predicted octanol–water partition coefficient (Wildman–Crippen LogP) is 4.81. The Bertz CT molecular complexity index is 1270. The molecular formula is C30H39N7O3. The van der Waals surface area contributed by atoms with Gasteiger partial charge in [-0.3, -0.25) is 4.79 Å². The van der Waals surface area contributed by atoms with Crippen LogP contribution < -0.4 is 16.0 Å². The van der Waals surface area contributed by atoms with Crippen molar-refractivity contribution in [1.82, 2.24) is 20.2 Å². The second-order valence-corrected chi connectivity index (χ2v) is 10.9. The zero-order chi connectivity index (χ0) is 29.1. The van der Waals surface area contributed by atoms with Crippen LogP contribution in [0.2, 0.25) is 0 Å².